The van der Waals surface area contributed by atoms with Crippen molar-refractivity contribution in [1.29, 1.82) is 0 Å². The van der Waals surface area contributed by atoms with E-state index in [-0.39, 0.29) is 18.0 Å². The van der Waals surface area contributed by atoms with Crippen LogP contribution in [0.4, 0.5) is 0 Å². The van der Waals surface area contributed by atoms with Crippen molar-refractivity contribution in [3.05, 3.63) is 42.0 Å². The lowest BCUT2D eigenvalue weighted by molar-refractivity contribution is -0.116. The zero-order valence-electron chi connectivity index (χ0n) is 9.87. The van der Waals surface area contributed by atoms with E-state index in [0.29, 0.717) is 5.56 Å². The number of nitrogens with zero attached hydrogens (tertiary/aromatic N) is 1. The third-order valence-corrected chi connectivity index (χ3v) is 2.86. The summed E-state index contributed by atoms with van der Waals surface area (Å²) in [6.07, 6.45) is 1.45. The lowest BCUT2D eigenvalue weighted by Gasteiger charge is -1.99. The largest absolute Gasteiger partial charge is 0.333 e. The molecule has 0 radical (unpaired) electrons. The highest BCUT2D eigenvalue weighted by Gasteiger charge is 2.11. The minimum Gasteiger partial charge on any atom is -0.300 e. The molecule has 6 heteroatoms. The molecule has 0 aromatic heterocycles. The van der Waals surface area contributed by atoms with E-state index in [4.69, 9.17) is 0 Å². The Kier molecular flexibility index (Phi) is 5.30. The SMILES string of the molecule is CC(=O)CC=C=NOS(=O)(=O)Cc1ccccc1. The summed E-state index contributed by atoms with van der Waals surface area (Å²) in [5.41, 5.74) is 0.611. The second-order valence-electron chi connectivity index (χ2n) is 3.59. The van der Waals surface area contributed by atoms with E-state index in [2.05, 4.69) is 15.3 Å². The Morgan fingerprint density at radius 2 is 2.06 bits per heavy atom. The van der Waals surface area contributed by atoms with Crippen LogP contribution in [0.15, 0.2) is 41.6 Å². The molecule has 0 atom stereocenters. The van der Waals surface area contributed by atoms with Gasteiger partial charge in [-0.3, -0.25) is 9.08 Å². The van der Waals surface area contributed by atoms with Crippen molar-refractivity contribution in [3.63, 3.8) is 0 Å². The van der Waals surface area contributed by atoms with Gasteiger partial charge in [-0.05, 0) is 23.7 Å². The van der Waals surface area contributed by atoms with Crippen molar-refractivity contribution < 1.29 is 17.5 Å². The van der Waals surface area contributed by atoms with Gasteiger partial charge in [-0.15, -0.1) is 0 Å². The van der Waals surface area contributed by atoms with Crippen LogP contribution in [-0.4, -0.2) is 20.1 Å². The highest BCUT2D eigenvalue weighted by atomic mass is 32.2. The van der Waals surface area contributed by atoms with E-state index in [1.807, 2.05) is 0 Å². The van der Waals surface area contributed by atoms with Gasteiger partial charge in [-0.25, -0.2) is 0 Å². The van der Waals surface area contributed by atoms with Crippen molar-refractivity contribution in [1.82, 2.24) is 0 Å². The number of benzene rings is 1. The second-order valence-corrected chi connectivity index (χ2v) is 5.15. The molecule has 1 rings (SSSR count). The van der Waals surface area contributed by atoms with Crippen LogP contribution in [-0.2, 0) is 24.9 Å². The predicted molar refractivity (Wildman–Crippen MR) is 67.5 cm³/mol. The first kappa shape index (κ1) is 14.2. The summed E-state index contributed by atoms with van der Waals surface area (Å²) in [7, 11) is -3.77. The molecule has 96 valence electrons. The van der Waals surface area contributed by atoms with Crippen LogP contribution in [0.25, 0.3) is 0 Å². The van der Waals surface area contributed by atoms with Crippen molar-refractivity contribution in [2.75, 3.05) is 0 Å². The standard InChI is InChI=1S/C12H13NO4S/c1-11(14)6-5-9-13-17-18(15,16)10-12-7-3-2-4-8-12/h2-5,7-8H,6,10H2,1H3. The Labute approximate surface area is 106 Å². The van der Waals surface area contributed by atoms with Gasteiger partial charge >= 0.3 is 10.1 Å². The normalized spacial score (nSPS) is 10.3. The van der Waals surface area contributed by atoms with E-state index in [9.17, 15) is 13.2 Å². The van der Waals surface area contributed by atoms with Crippen LogP contribution >= 0.6 is 0 Å². The number of carbonyl (C=O) groups excluding carboxylic acids is 1. The van der Waals surface area contributed by atoms with Crippen LogP contribution in [0.1, 0.15) is 18.9 Å². The summed E-state index contributed by atoms with van der Waals surface area (Å²) in [6.45, 7) is 1.41. The summed E-state index contributed by atoms with van der Waals surface area (Å²) >= 11 is 0. The van der Waals surface area contributed by atoms with Crippen molar-refractivity contribution in [3.8, 4) is 0 Å². The summed E-state index contributed by atoms with van der Waals surface area (Å²) in [5.74, 6) is 1.91. The molecule has 0 bridgehead atoms. The Balaban J connectivity index is 2.56. The fourth-order valence-electron chi connectivity index (χ4n) is 1.11. The molecular formula is C12H13NO4S. The maximum atomic E-state index is 11.5. The van der Waals surface area contributed by atoms with Gasteiger partial charge in [0, 0.05) is 12.3 Å². The Morgan fingerprint density at radius 3 is 2.67 bits per heavy atom. The highest BCUT2D eigenvalue weighted by Crippen LogP contribution is 2.06. The molecule has 0 heterocycles. The fourth-order valence-corrected chi connectivity index (χ4v) is 1.92. The van der Waals surface area contributed by atoms with Crippen molar-refractivity contribution >= 4 is 21.8 Å². The second kappa shape index (κ2) is 6.74. The van der Waals surface area contributed by atoms with Gasteiger partial charge in [-0.2, -0.15) is 8.42 Å². The molecule has 0 aliphatic carbocycles. The number of hydrogen-bond acceptors (Lipinski definition) is 5. The summed E-state index contributed by atoms with van der Waals surface area (Å²) in [6, 6.07) is 8.62. The number of carbonyl (C=O) groups is 1. The van der Waals surface area contributed by atoms with Gasteiger partial charge in [0.05, 0.1) is 0 Å². The average molecular weight is 267 g/mol. The lowest BCUT2D eigenvalue weighted by atomic mass is 10.2. The van der Waals surface area contributed by atoms with Crippen LogP contribution in [0, 0.1) is 0 Å². The van der Waals surface area contributed by atoms with Crippen molar-refractivity contribution in [2.24, 2.45) is 5.16 Å². The minimum atomic E-state index is -3.77. The van der Waals surface area contributed by atoms with Crippen LogP contribution in [0.2, 0.25) is 0 Å². The maximum Gasteiger partial charge on any atom is 0.333 e. The summed E-state index contributed by atoms with van der Waals surface area (Å²) < 4.78 is 27.3. The molecule has 0 unspecified atom stereocenters. The molecule has 0 fully saturated rings. The number of allylic oxidation sites excluding steroid dienone is 1. The van der Waals surface area contributed by atoms with E-state index >= 15 is 0 Å². The maximum absolute atomic E-state index is 11.5. The van der Waals surface area contributed by atoms with Crippen LogP contribution in [0.5, 0.6) is 0 Å². The molecule has 0 spiro atoms. The fraction of sp³-hybridized carbons (Fsp3) is 0.250. The average Bonchev–Trinajstić information content (AvgIpc) is 2.28. The van der Waals surface area contributed by atoms with Gasteiger partial charge in [0.25, 0.3) is 0 Å². The molecule has 5 nitrogen and oxygen atoms in total. The monoisotopic (exact) mass is 267 g/mol. The van der Waals surface area contributed by atoms with Gasteiger partial charge in [0.1, 0.15) is 11.5 Å². The highest BCUT2D eigenvalue weighted by molar-refractivity contribution is 7.85. The molecule has 1 aromatic carbocycles. The molecular weight excluding hydrogens is 254 g/mol. The molecule has 0 amide bonds. The first-order chi connectivity index (χ1) is 8.49. The van der Waals surface area contributed by atoms with Gasteiger partial charge in [0.15, 0.2) is 0 Å². The van der Waals surface area contributed by atoms with Gasteiger partial charge < -0.3 is 0 Å². The molecule has 0 saturated carbocycles. The molecule has 18 heavy (non-hydrogen) atoms. The lowest BCUT2D eigenvalue weighted by Crippen LogP contribution is -2.05. The quantitative estimate of drug-likeness (QED) is 0.580. The number of hydrogen-bond donors (Lipinski definition) is 0. The molecule has 0 aliphatic heterocycles. The number of rotatable bonds is 6. The summed E-state index contributed by atoms with van der Waals surface area (Å²) in [5, 5.41) is 3.17. The predicted octanol–water partition coefficient (Wildman–Crippen LogP) is 1.65. The van der Waals surface area contributed by atoms with E-state index in [0.717, 1.165) is 0 Å². The first-order valence-corrected chi connectivity index (χ1v) is 6.79. The molecule has 0 saturated heterocycles. The Hall–Kier alpha value is -1.91. The van der Waals surface area contributed by atoms with Gasteiger partial charge in [0.2, 0.25) is 0 Å². The Morgan fingerprint density at radius 1 is 1.39 bits per heavy atom. The molecule has 1 aromatic rings. The number of ketones is 1. The van der Waals surface area contributed by atoms with Crippen LogP contribution < -0.4 is 0 Å². The molecule has 0 N–H and O–H groups in total. The van der Waals surface area contributed by atoms with E-state index in [1.54, 1.807) is 30.3 Å². The zero-order valence-corrected chi connectivity index (χ0v) is 10.7. The van der Waals surface area contributed by atoms with E-state index < -0.39 is 10.1 Å². The number of Topliss-reactive ketones (excluding diaryl/α,β-unsaturated/α-hetero) is 1. The van der Waals surface area contributed by atoms with Gasteiger partial charge in [-0.1, -0.05) is 30.3 Å². The first-order valence-electron chi connectivity index (χ1n) is 5.21. The molecule has 0 aliphatic rings. The smallest absolute Gasteiger partial charge is 0.300 e. The third kappa shape index (κ3) is 5.98. The van der Waals surface area contributed by atoms with E-state index in [1.165, 1.54) is 13.0 Å². The van der Waals surface area contributed by atoms with Crippen LogP contribution in [0.3, 0.4) is 0 Å². The summed E-state index contributed by atoms with van der Waals surface area (Å²) in [4.78, 5) is 10.6. The minimum absolute atomic E-state index is 0.0650. The third-order valence-electron chi connectivity index (χ3n) is 1.87. The topological polar surface area (TPSA) is 72.8 Å². The zero-order chi connectivity index (χ0) is 13.4. The van der Waals surface area contributed by atoms with Crippen molar-refractivity contribution in [2.45, 2.75) is 19.1 Å². The Bertz CT molecular complexity index is 557.